The molecule has 0 saturated heterocycles. The van der Waals surface area contributed by atoms with Crippen molar-refractivity contribution < 1.29 is 4.79 Å². The van der Waals surface area contributed by atoms with E-state index in [1.165, 1.54) is 5.56 Å². The van der Waals surface area contributed by atoms with E-state index in [2.05, 4.69) is 12.1 Å². The topological polar surface area (TPSA) is 17.1 Å². The molecule has 0 spiro atoms. The molecule has 0 unspecified atom stereocenters. The predicted molar refractivity (Wildman–Crippen MR) is 102 cm³/mol. The maximum absolute atomic E-state index is 12.5. The first-order valence-corrected chi connectivity index (χ1v) is 9.13. The van der Waals surface area contributed by atoms with Gasteiger partial charge in [-0.15, -0.1) is 11.8 Å². The predicted octanol–water partition coefficient (Wildman–Crippen LogP) is 6.52. The minimum atomic E-state index is -0.0843. The molecule has 0 radical (unpaired) electrons. The van der Waals surface area contributed by atoms with E-state index in [0.29, 0.717) is 21.2 Å². The van der Waals surface area contributed by atoms with Crippen molar-refractivity contribution in [2.24, 2.45) is 0 Å². The molecule has 0 heterocycles. The molecule has 0 saturated carbocycles. The van der Waals surface area contributed by atoms with Crippen molar-refractivity contribution in [3.05, 3.63) is 99.5 Å². The van der Waals surface area contributed by atoms with Gasteiger partial charge in [-0.2, -0.15) is 0 Å². The van der Waals surface area contributed by atoms with Gasteiger partial charge in [0, 0.05) is 31.8 Å². The van der Waals surface area contributed by atoms with E-state index in [9.17, 15) is 4.79 Å². The van der Waals surface area contributed by atoms with Gasteiger partial charge in [0.15, 0.2) is 5.78 Å². The fourth-order valence-electron chi connectivity index (χ4n) is 2.30. The van der Waals surface area contributed by atoms with Crippen LogP contribution in [-0.2, 0) is 5.75 Å². The van der Waals surface area contributed by atoms with E-state index >= 15 is 0 Å². The van der Waals surface area contributed by atoms with Gasteiger partial charge in [0.25, 0.3) is 0 Å². The Balaban J connectivity index is 1.70. The second-order valence-electron chi connectivity index (χ2n) is 5.29. The van der Waals surface area contributed by atoms with Gasteiger partial charge in [0.05, 0.1) is 0 Å². The maximum atomic E-state index is 12.5. The van der Waals surface area contributed by atoms with E-state index in [4.69, 9.17) is 23.2 Å². The van der Waals surface area contributed by atoms with Crippen LogP contribution < -0.4 is 0 Å². The normalized spacial score (nSPS) is 10.6. The highest BCUT2D eigenvalue weighted by Crippen LogP contribution is 2.25. The molecular weight excluding hydrogens is 359 g/mol. The van der Waals surface area contributed by atoms with Crippen LogP contribution in [0.15, 0.2) is 77.7 Å². The molecule has 3 rings (SSSR count). The number of carbonyl (C=O) groups is 1. The van der Waals surface area contributed by atoms with Crippen LogP contribution in [0.5, 0.6) is 0 Å². The molecule has 0 amide bonds. The maximum Gasteiger partial charge on any atom is 0.193 e. The van der Waals surface area contributed by atoms with Gasteiger partial charge in [0.2, 0.25) is 0 Å². The van der Waals surface area contributed by atoms with Crippen molar-refractivity contribution >= 4 is 40.7 Å². The SMILES string of the molecule is O=C(c1ccc(SCc2ccccc2)cc1)c1cc(Cl)cc(Cl)c1. The summed E-state index contributed by atoms with van der Waals surface area (Å²) in [5, 5.41) is 0.918. The Morgan fingerprint density at radius 1 is 0.792 bits per heavy atom. The number of hydrogen-bond acceptors (Lipinski definition) is 2. The second-order valence-corrected chi connectivity index (χ2v) is 7.21. The third kappa shape index (κ3) is 4.41. The van der Waals surface area contributed by atoms with E-state index in [1.54, 1.807) is 30.0 Å². The van der Waals surface area contributed by atoms with Gasteiger partial charge in [-0.1, -0.05) is 53.5 Å². The molecule has 0 atom stereocenters. The summed E-state index contributed by atoms with van der Waals surface area (Å²) < 4.78 is 0. The molecule has 24 heavy (non-hydrogen) atoms. The second kappa shape index (κ2) is 7.89. The van der Waals surface area contributed by atoms with Crippen molar-refractivity contribution in [1.82, 2.24) is 0 Å². The summed E-state index contributed by atoms with van der Waals surface area (Å²) in [5.74, 6) is 0.817. The van der Waals surface area contributed by atoms with Gasteiger partial charge in [-0.3, -0.25) is 4.79 Å². The summed E-state index contributed by atoms with van der Waals surface area (Å²) in [6, 6.07) is 22.8. The van der Waals surface area contributed by atoms with Crippen LogP contribution in [0, 0.1) is 0 Å². The van der Waals surface area contributed by atoms with Crippen molar-refractivity contribution in [2.45, 2.75) is 10.6 Å². The van der Waals surface area contributed by atoms with E-state index in [1.807, 2.05) is 42.5 Å². The van der Waals surface area contributed by atoms with Crippen LogP contribution in [0.2, 0.25) is 10.0 Å². The molecule has 1 nitrogen and oxygen atoms in total. The first-order chi connectivity index (χ1) is 11.6. The van der Waals surface area contributed by atoms with Gasteiger partial charge < -0.3 is 0 Å². The van der Waals surface area contributed by atoms with Crippen molar-refractivity contribution in [3.63, 3.8) is 0 Å². The number of halogens is 2. The summed E-state index contributed by atoms with van der Waals surface area (Å²) in [5.41, 5.74) is 2.39. The largest absolute Gasteiger partial charge is 0.289 e. The lowest BCUT2D eigenvalue weighted by Crippen LogP contribution is -2.01. The Morgan fingerprint density at radius 2 is 1.42 bits per heavy atom. The Labute approximate surface area is 155 Å². The summed E-state index contributed by atoms with van der Waals surface area (Å²) >= 11 is 13.7. The smallest absolute Gasteiger partial charge is 0.193 e. The lowest BCUT2D eigenvalue weighted by molar-refractivity contribution is 0.103. The number of carbonyl (C=O) groups excluding carboxylic acids is 1. The Bertz CT molecular complexity index is 825. The zero-order chi connectivity index (χ0) is 16.9. The lowest BCUT2D eigenvalue weighted by Gasteiger charge is -2.05. The quantitative estimate of drug-likeness (QED) is 0.374. The summed E-state index contributed by atoms with van der Waals surface area (Å²) in [4.78, 5) is 13.6. The molecule has 4 heteroatoms. The van der Waals surface area contributed by atoms with Crippen LogP contribution in [0.1, 0.15) is 21.5 Å². The number of rotatable bonds is 5. The fraction of sp³-hybridized carbons (Fsp3) is 0.0500. The van der Waals surface area contributed by atoms with Crippen LogP contribution in [-0.4, -0.2) is 5.78 Å². The van der Waals surface area contributed by atoms with Crippen molar-refractivity contribution in [2.75, 3.05) is 0 Å². The number of ketones is 1. The van der Waals surface area contributed by atoms with Crippen LogP contribution in [0.25, 0.3) is 0 Å². The average Bonchev–Trinajstić information content (AvgIpc) is 2.60. The monoisotopic (exact) mass is 372 g/mol. The van der Waals surface area contributed by atoms with E-state index < -0.39 is 0 Å². The average molecular weight is 373 g/mol. The van der Waals surface area contributed by atoms with Crippen LogP contribution >= 0.6 is 35.0 Å². The standard InChI is InChI=1S/C20H14Cl2OS/c21-17-10-16(11-18(22)12-17)20(23)15-6-8-19(9-7-15)24-13-14-4-2-1-3-5-14/h1-12H,13H2. The number of thioether (sulfide) groups is 1. The Morgan fingerprint density at radius 3 is 2.04 bits per heavy atom. The molecular formula is C20H14Cl2OS. The van der Waals surface area contributed by atoms with E-state index in [-0.39, 0.29) is 5.78 Å². The van der Waals surface area contributed by atoms with Gasteiger partial charge in [-0.05, 0) is 48.0 Å². The summed E-state index contributed by atoms with van der Waals surface area (Å²) in [7, 11) is 0. The molecule has 0 bridgehead atoms. The molecule has 0 aliphatic rings. The highest BCUT2D eigenvalue weighted by molar-refractivity contribution is 7.98. The highest BCUT2D eigenvalue weighted by atomic mass is 35.5. The summed E-state index contributed by atoms with van der Waals surface area (Å²) in [6.45, 7) is 0. The Hall–Kier alpha value is -1.74. The number of benzene rings is 3. The highest BCUT2D eigenvalue weighted by Gasteiger charge is 2.11. The number of hydrogen-bond donors (Lipinski definition) is 0. The van der Waals surface area contributed by atoms with Gasteiger partial charge in [0.1, 0.15) is 0 Å². The van der Waals surface area contributed by atoms with Gasteiger partial charge in [-0.25, -0.2) is 0 Å². The molecule has 3 aromatic rings. The molecule has 0 fully saturated rings. The fourth-order valence-corrected chi connectivity index (χ4v) is 3.68. The first-order valence-electron chi connectivity index (χ1n) is 7.39. The van der Waals surface area contributed by atoms with Crippen molar-refractivity contribution in [3.8, 4) is 0 Å². The molecule has 3 aromatic carbocycles. The van der Waals surface area contributed by atoms with Gasteiger partial charge >= 0.3 is 0 Å². The molecule has 0 aliphatic carbocycles. The minimum Gasteiger partial charge on any atom is -0.289 e. The zero-order valence-electron chi connectivity index (χ0n) is 12.7. The minimum absolute atomic E-state index is 0.0843. The molecule has 0 N–H and O–H groups in total. The van der Waals surface area contributed by atoms with Crippen LogP contribution in [0.3, 0.4) is 0 Å². The first kappa shape index (κ1) is 17.1. The summed E-state index contributed by atoms with van der Waals surface area (Å²) in [6.07, 6.45) is 0. The molecule has 120 valence electrons. The zero-order valence-corrected chi connectivity index (χ0v) is 15.0. The van der Waals surface area contributed by atoms with Crippen LogP contribution in [0.4, 0.5) is 0 Å². The Kier molecular flexibility index (Phi) is 5.62. The third-order valence-corrected chi connectivity index (χ3v) is 5.01. The van der Waals surface area contributed by atoms with E-state index in [0.717, 1.165) is 10.6 Å². The third-order valence-electron chi connectivity index (χ3n) is 3.49. The molecule has 0 aromatic heterocycles. The molecule has 0 aliphatic heterocycles. The lowest BCUT2D eigenvalue weighted by atomic mass is 10.0. The van der Waals surface area contributed by atoms with Crippen molar-refractivity contribution in [1.29, 1.82) is 0 Å².